The highest BCUT2D eigenvalue weighted by Crippen LogP contribution is 2.35. The molecule has 2 atom stereocenters. The molecule has 0 bridgehead atoms. The third-order valence-electron chi connectivity index (χ3n) is 9.23. The number of aliphatic hydroxyl groups is 1. The van der Waals surface area contributed by atoms with Crippen molar-refractivity contribution in [3.05, 3.63) is 65.2 Å². The fourth-order valence-electron chi connectivity index (χ4n) is 6.35. The molecule has 2 saturated heterocycles. The lowest BCUT2D eigenvalue weighted by Gasteiger charge is -2.52. The highest BCUT2D eigenvalue weighted by Gasteiger charge is 2.55. The Morgan fingerprint density at radius 1 is 1.02 bits per heavy atom. The zero-order valence-electron chi connectivity index (χ0n) is 26.5. The standard InChI is InChI=1S/C34H48N4O5.ClH/c1-5-8-19-38-32(41)29(30(39)26(6-2)7-3)36-33(42)34(38)17-20-37(21-18-34)22-24-9-11-25(12-10-24)23-43-28-15-13-27(14-16-28)31(40)35-4;/h9-16,26,29-30,39H,5-8,17-23H2,1-4H3,(H,35,40)(H,36,42);1H/t29-,30-;/m1./s1. The summed E-state index contributed by atoms with van der Waals surface area (Å²) in [6, 6.07) is 14.5. The zero-order chi connectivity index (χ0) is 31.0. The van der Waals surface area contributed by atoms with E-state index in [-0.39, 0.29) is 36.0 Å². The van der Waals surface area contributed by atoms with Crippen LogP contribution in [-0.4, -0.2) is 77.0 Å². The second kappa shape index (κ2) is 16.3. The van der Waals surface area contributed by atoms with E-state index in [1.165, 1.54) is 5.56 Å². The lowest BCUT2D eigenvalue weighted by atomic mass is 9.79. The molecule has 0 saturated carbocycles. The number of halogens is 1. The van der Waals surface area contributed by atoms with Crippen molar-refractivity contribution >= 4 is 30.1 Å². The van der Waals surface area contributed by atoms with Gasteiger partial charge in [0.1, 0.15) is 23.9 Å². The fraction of sp³-hybridized carbons (Fsp3) is 0.559. The Bertz CT molecular complexity index is 1230. The number of rotatable bonds is 13. The second-order valence-corrected chi connectivity index (χ2v) is 11.9. The number of hydrogen-bond donors (Lipinski definition) is 3. The van der Waals surface area contributed by atoms with E-state index in [0.29, 0.717) is 50.4 Å². The van der Waals surface area contributed by atoms with Crippen LogP contribution in [0, 0.1) is 5.92 Å². The number of amides is 3. The highest BCUT2D eigenvalue weighted by molar-refractivity contribution is 6.00. The van der Waals surface area contributed by atoms with E-state index < -0.39 is 17.7 Å². The third kappa shape index (κ3) is 7.92. The van der Waals surface area contributed by atoms with Crippen LogP contribution in [0.3, 0.4) is 0 Å². The Hall–Kier alpha value is -3.14. The molecule has 0 radical (unpaired) electrons. The molecule has 2 heterocycles. The van der Waals surface area contributed by atoms with Gasteiger partial charge in [-0.3, -0.25) is 19.3 Å². The van der Waals surface area contributed by atoms with Gasteiger partial charge in [0.2, 0.25) is 11.8 Å². The molecule has 2 aromatic carbocycles. The van der Waals surface area contributed by atoms with Crippen molar-refractivity contribution in [2.75, 3.05) is 26.7 Å². The Labute approximate surface area is 268 Å². The molecule has 2 aromatic rings. The van der Waals surface area contributed by atoms with Gasteiger partial charge < -0.3 is 25.4 Å². The van der Waals surface area contributed by atoms with Crippen LogP contribution in [0.1, 0.15) is 80.8 Å². The normalized spacial score (nSPS) is 19.0. The summed E-state index contributed by atoms with van der Waals surface area (Å²) >= 11 is 0. The van der Waals surface area contributed by atoms with E-state index in [9.17, 15) is 19.5 Å². The number of unbranched alkanes of at least 4 members (excludes halogenated alkanes) is 1. The maximum absolute atomic E-state index is 13.7. The summed E-state index contributed by atoms with van der Waals surface area (Å²) in [5.41, 5.74) is 1.96. The van der Waals surface area contributed by atoms with E-state index in [1.807, 2.05) is 18.7 Å². The molecule has 44 heavy (non-hydrogen) atoms. The second-order valence-electron chi connectivity index (χ2n) is 11.9. The molecule has 2 aliphatic heterocycles. The van der Waals surface area contributed by atoms with Gasteiger partial charge in [0.05, 0.1) is 6.10 Å². The molecule has 3 amide bonds. The van der Waals surface area contributed by atoms with Crippen molar-refractivity contribution < 1.29 is 24.2 Å². The van der Waals surface area contributed by atoms with E-state index in [4.69, 9.17) is 4.74 Å². The molecular weight excluding hydrogens is 580 g/mol. The molecule has 3 N–H and O–H groups in total. The van der Waals surface area contributed by atoms with Crippen molar-refractivity contribution in [3.63, 3.8) is 0 Å². The molecule has 1 spiro atoms. The predicted molar refractivity (Wildman–Crippen MR) is 174 cm³/mol. The summed E-state index contributed by atoms with van der Waals surface area (Å²) in [5.74, 6) is 0.286. The number of nitrogens with zero attached hydrogens (tertiary/aromatic N) is 2. The number of nitrogens with one attached hydrogen (secondary N) is 2. The maximum Gasteiger partial charge on any atom is 0.251 e. The summed E-state index contributed by atoms with van der Waals surface area (Å²) in [5, 5.41) is 16.6. The summed E-state index contributed by atoms with van der Waals surface area (Å²) < 4.78 is 5.89. The van der Waals surface area contributed by atoms with Crippen LogP contribution in [-0.2, 0) is 22.7 Å². The van der Waals surface area contributed by atoms with Gasteiger partial charge >= 0.3 is 0 Å². The Morgan fingerprint density at radius 3 is 2.20 bits per heavy atom. The van der Waals surface area contributed by atoms with Crippen LogP contribution in [0.5, 0.6) is 5.75 Å². The minimum Gasteiger partial charge on any atom is -0.489 e. The van der Waals surface area contributed by atoms with Gasteiger partial charge in [-0.1, -0.05) is 64.3 Å². The molecule has 4 rings (SSSR count). The first-order valence-corrected chi connectivity index (χ1v) is 15.8. The lowest BCUT2D eigenvalue weighted by Crippen LogP contribution is -2.75. The maximum atomic E-state index is 13.7. The summed E-state index contributed by atoms with van der Waals surface area (Å²) in [4.78, 5) is 43.3. The quantitative estimate of drug-likeness (QED) is 0.305. The van der Waals surface area contributed by atoms with E-state index in [1.54, 1.807) is 31.3 Å². The zero-order valence-corrected chi connectivity index (χ0v) is 27.3. The largest absolute Gasteiger partial charge is 0.489 e. The first-order chi connectivity index (χ1) is 20.8. The predicted octanol–water partition coefficient (Wildman–Crippen LogP) is 4.31. The van der Waals surface area contributed by atoms with Crippen molar-refractivity contribution in [1.29, 1.82) is 0 Å². The number of carbonyl (C=O) groups is 3. The average Bonchev–Trinajstić information content (AvgIpc) is 3.03. The van der Waals surface area contributed by atoms with Gasteiger partial charge in [-0.15, -0.1) is 12.4 Å². The number of piperidine rings is 1. The minimum absolute atomic E-state index is 0. The molecule has 242 valence electrons. The van der Waals surface area contributed by atoms with Crippen LogP contribution in [0.25, 0.3) is 0 Å². The fourth-order valence-corrected chi connectivity index (χ4v) is 6.35. The Balaban J connectivity index is 0.00000529. The van der Waals surface area contributed by atoms with Crippen molar-refractivity contribution in [3.8, 4) is 5.75 Å². The van der Waals surface area contributed by atoms with Gasteiger partial charge in [-0.2, -0.15) is 0 Å². The molecule has 0 aromatic heterocycles. The first-order valence-electron chi connectivity index (χ1n) is 15.8. The monoisotopic (exact) mass is 628 g/mol. The molecule has 0 unspecified atom stereocenters. The number of piperazine rings is 1. The smallest absolute Gasteiger partial charge is 0.251 e. The van der Waals surface area contributed by atoms with Gasteiger partial charge in [0.15, 0.2) is 0 Å². The molecular formula is C34H49ClN4O5. The third-order valence-corrected chi connectivity index (χ3v) is 9.23. The van der Waals surface area contributed by atoms with Crippen LogP contribution >= 0.6 is 12.4 Å². The van der Waals surface area contributed by atoms with E-state index in [0.717, 1.165) is 37.8 Å². The Kier molecular flexibility index (Phi) is 13.1. The number of hydrogen-bond acceptors (Lipinski definition) is 6. The lowest BCUT2D eigenvalue weighted by molar-refractivity contribution is -0.165. The summed E-state index contributed by atoms with van der Waals surface area (Å²) in [7, 11) is 1.61. The average molecular weight is 629 g/mol. The van der Waals surface area contributed by atoms with Gasteiger partial charge in [-0.05, 0) is 60.6 Å². The van der Waals surface area contributed by atoms with Crippen LogP contribution < -0.4 is 15.4 Å². The molecule has 2 fully saturated rings. The number of ether oxygens (including phenoxy) is 1. The number of carbonyl (C=O) groups excluding carboxylic acids is 3. The number of aliphatic hydroxyl groups excluding tert-OH is 1. The Morgan fingerprint density at radius 2 is 1.64 bits per heavy atom. The van der Waals surface area contributed by atoms with Crippen LogP contribution in [0.4, 0.5) is 0 Å². The van der Waals surface area contributed by atoms with Crippen LogP contribution in [0.15, 0.2) is 48.5 Å². The van der Waals surface area contributed by atoms with Crippen LogP contribution in [0.2, 0.25) is 0 Å². The summed E-state index contributed by atoms with van der Waals surface area (Å²) in [6.07, 6.45) is 3.55. The van der Waals surface area contributed by atoms with E-state index in [2.05, 4.69) is 46.7 Å². The first kappa shape index (κ1) is 35.3. The summed E-state index contributed by atoms with van der Waals surface area (Å²) in [6.45, 7) is 9.25. The van der Waals surface area contributed by atoms with E-state index >= 15 is 0 Å². The van der Waals surface area contributed by atoms with Crippen molar-refractivity contribution in [2.24, 2.45) is 5.92 Å². The minimum atomic E-state index is -0.879. The molecule has 10 heteroatoms. The van der Waals surface area contributed by atoms with Crippen molar-refractivity contribution in [2.45, 2.75) is 90.1 Å². The molecule has 2 aliphatic rings. The van der Waals surface area contributed by atoms with Gasteiger partial charge in [-0.25, -0.2) is 0 Å². The molecule has 9 nitrogen and oxygen atoms in total. The number of likely N-dealkylation sites (tertiary alicyclic amines) is 1. The topological polar surface area (TPSA) is 111 Å². The SMILES string of the molecule is CCCCN1C(=O)[C@@H]([C@H](O)C(CC)CC)NC(=O)C12CCN(Cc1ccc(COc3ccc(C(=O)NC)cc3)cc1)CC2.Cl. The molecule has 0 aliphatic carbocycles. The number of benzene rings is 2. The van der Waals surface area contributed by atoms with Gasteiger partial charge in [0, 0.05) is 38.8 Å². The van der Waals surface area contributed by atoms with Crippen molar-refractivity contribution in [1.82, 2.24) is 20.4 Å². The van der Waals surface area contributed by atoms with Gasteiger partial charge in [0.25, 0.3) is 5.91 Å². The highest BCUT2D eigenvalue weighted by atomic mass is 35.5.